The average Bonchev–Trinajstić information content (AvgIpc) is 3.33. The molecule has 0 fully saturated rings. The standard InChI is InChI=1S/C27H24BrNO5/c1-30-26-21(28)11-19(25(27(26)31-2)32-15-17-7-4-3-5-8-17)14-29-22-10-6-9-18-12-23-24(13-20(18)22)34-16-33-23/h3-13,29H,14-16H2,1-2H3. The van der Waals surface area contributed by atoms with Crippen LogP contribution in [0.25, 0.3) is 10.8 Å². The maximum atomic E-state index is 6.28. The van der Waals surface area contributed by atoms with Crippen LogP contribution < -0.4 is 29.0 Å². The zero-order valence-corrected chi connectivity index (χ0v) is 20.5. The summed E-state index contributed by atoms with van der Waals surface area (Å²) in [6.45, 7) is 1.17. The highest BCUT2D eigenvalue weighted by Gasteiger charge is 2.21. The number of nitrogens with one attached hydrogen (secondary N) is 1. The number of benzene rings is 4. The van der Waals surface area contributed by atoms with Gasteiger partial charge in [-0.25, -0.2) is 0 Å². The fourth-order valence-electron chi connectivity index (χ4n) is 4.05. The number of hydrogen-bond acceptors (Lipinski definition) is 6. The van der Waals surface area contributed by atoms with Crippen molar-refractivity contribution in [3.05, 3.63) is 82.3 Å². The third-order valence-electron chi connectivity index (χ3n) is 5.70. The van der Waals surface area contributed by atoms with Crippen LogP contribution in [0.15, 0.2) is 71.2 Å². The number of anilines is 1. The van der Waals surface area contributed by atoms with E-state index in [1.807, 2.05) is 60.7 Å². The van der Waals surface area contributed by atoms with Crippen LogP contribution >= 0.6 is 15.9 Å². The lowest BCUT2D eigenvalue weighted by Gasteiger charge is -2.20. The smallest absolute Gasteiger partial charge is 0.231 e. The maximum absolute atomic E-state index is 6.28. The molecule has 7 heteroatoms. The van der Waals surface area contributed by atoms with Crippen molar-refractivity contribution in [3.63, 3.8) is 0 Å². The van der Waals surface area contributed by atoms with Crippen LogP contribution in [0, 0.1) is 0 Å². The SMILES string of the molecule is COc1c(Br)cc(CNc2cccc3cc4c(cc23)OCO4)c(OCc2ccccc2)c1OC. The van der Waals surface area contributed by atoms with Gasteiger partial charge >= 0.3 is 0 Å². The van der Waals surface area contributed by atoms with Crippen LogP contribution in [0.4, 0.5) is 5.69 Å². The van der Waals surface area contributed by atoms with Gasteiger partial charge < -0.3 is 29.0 Å². The highest BCUT2D eigenvalue weighted by atomic mass is 79.9. The molecule has 5 rings (SSSR count). The summed E-state index contributed by atoms with van der Waals surface area (Å²) in [5, 5.41) is 5.68. The summed E-state index contributed by atoms with van der Waals surface area (Å²) in [4.78, 5) is 0. The van der Waals surface area contributed by atoms with Crippen molar-refractivity contribution in [2.75, 3.05) is 26.3 Å². The molecule has 0 aliphatic carbocycles. The molecule has 1 aliphatic rings. The number of hydrogen-bond donors (Lipinski definition) is 1. The molecule has 0 aromatic heterocycles. The molecule has 0 spiro atoms. The first kappa shape index (κ1) is 22.2. The van der Waals surface area contributed by atoms with E-state index in [9.17, 15) is 0 Å². The first-order valence-electron chi connectivity index (χ1n) is 10.8. The van der Waals surface area contributed by atoms with E-state index in [2.05, 4.69) is 27.3 Å². The Morgan fingerprint density at radius 2 is 1.62 bits per heavy atom. The molecule has 34 heavy (non-hydrogen) atoms. The minimum Gasteiger partial charge on any atom is -0.492 e. The van der Waals surface area contributed by atoms with Gasteiger partial charge in [0.15, 0.2) is 23.0 Å². The minimum absolute atomic E-state index is 0.246. The molecule has 0 saturated heterocycles. The van der Waals surface area contributed by atoms with Crippen LogP contribution in [0.5, 0.6) is 28.7 Å². The molecule has 1 aliphatic heterocycles. The van der Waals surface area contributed by atoms with Crippen LogP contribution in [-0.2, 0) is 13.2 Å². The van der Waals surface area contributed by atoms with Gasteiger partial charge in [0.05, 0.1) is 18.7 Å². The second-order valence-electron chi connectivity index (χ2n) is 7.77. The van der Waals surface area contributed by atoms with Crippen molar-refractivity contribution < 1.29 is 23.7 Å². The Hall–Kier alpha value is -3.58. The maximum Gasteiger partial charge on any atom is 0.231 e. The summed E-state index contributed by atoms with van der Waals surface area (Å²) in [6, 6.07) is 22.2. The Bertz CT molecular complexity index is 1330. The third-order valence-corrected chi connectivity index (χ3v) is 6.29. The Labute approximate surface area is 206 Å². The fraction of sp³-hybridized carbons (Fsp3) is 0.185. The van der Waals surface area contributed by atoms with Crippen LogP contribution in [-0.4, -0.2) is 21.0 Å². The molecule has 174 valence electrons. The topological polar surface area (TPSA) is 58.2 Å². The van der Waals surface area contributed by atoms with Crippen molar-refractivity contribution in [1.29, 1.82) is 0 Å². The van der Waals surface area contributed by atoms with Gasteiger partial charge in [-0.1, -0.05) is 42.5 Å². The molecule has 4 aromatic rings. The van der Waals surface area contributed by atoms with Crippen LogP contribution in [0.2, 0.25) is 0 Å². The summed E-state index contributed by atoms with van der Waals surface area (Å²) in [5.74, 6) is 3.29. The van der Waals surface area contributed by atoms with Gasteiger partial charge in [-0.2, -0.15) is 0 Å². The number of halogens is 1. The quantitative estimate of drug-likeness (QED) is 0.284. The van der Waals surface area contributed by atoms with Gasteiger partial charge in [0, 0.05) is 23.2 Å². The Kier molecular flexibility index (Phi) is 6.36. The zero-order chi connectivity index (χ0) is 23.5. The van der Waals surface area contributed by atoms with Crippen molar-refractivity contribution in [1.82, 2.24) is 0 Å². The predicted octanol–water partition coefficient (Wildman–Crippen LogP) is 6.54. The van der Waals surface area contributed by atoms with Crippen LogP contribution in [0.1, 0.15) is 11.1 Å². The predicted molar refractivity (Wildman–Crippen MR) is 135 cm³/mol. The second-order valence-corrected chi connectivity index (χ2v) is 8.63. The van der Waals surface area contributed by atoms with E-state index in [0.29, 0.717) is 30.4 Å². The molecule has 0 unspecified atom stereocenters. The lowest BCUT2D eigenvalue weighted by molar-refractivity contribution is 0.174. The summed E-state index contributed by atoms with van der Waals surface area (Å²) in [7, 11) is 3.23. The summed E-state index contributed by atoms with van der Waals surface area (Å²) >= 11 is 3.61. The van der Waals surface area contributed by atoms with Crippen molar-refractivity contribution in [3.8, 4) is 28.7 Å². The molecule has 1 N–H and O–H groups in total. The van der Waals surface area contributed by atoms with E-state index >= 15 is 0 Å². The van der Waals surface area contributed by atoms with E-state index in [4.69, 9.17) is 23.7 Å². The lowest BCUT2D eigenvalue weighted by atomic mass is 10.1. The summed E-state index contributed by atoms with van der Waals surface area (Å²) < 4.78 is 29.5. The van der Waals surface area contributed by atoms with E-state index in [1.54, 1.807) is 14.2 Å². The highest BCUT2D eigenvalue weighted by molar-refractivity contribution is 9.10. The van der Waals surface area contributed by atoms with E-state index in [0.717, 1.165) is 43.6 Å². The minimum atomic E-state index is 0.246. The molecule has 4 aromatic carbocycles. The van der Waals surface area contributed by atoms with Gasteiger partial charge in [-0.3, -0.25) is 0 Å². The van der Waals surface area contributed by atoms with Crippen molar-refractivity contribution >= 4 is 32.4 Å². The molecule has 0 amide bonds. The fourth-order valence-corrected chi connectivity index (χ4v) is 4.67. The summed E-state index contributed by atoms with van der Waals surface area (Å²) in [6.07, 6.45) is 0. The zero-order valence-electron chi connectivity index (χ0n) is 18.9. The second kappa shape index (κ2) is 9.73. The van der Waals surface area contributed by atoms with E-state index < -0.39 is 0 Å². The van der Waals surface area contributed by atoms with Gasteiger partial charge in [-0.05, 0) is 51.1 Å². The Morgan fingerprint density at radius 1 is 0.853 bits per heavy atom. The van der Waals surface area contributed by atoms with Gasteiger partial charge in [0.2, 0.25) is 12.5 Å². The number of rotatable bonds is 8. The van der Waals surface area contributed by atoms with E-state index in [-0.39, 0.29) is 6.79 Å². The highest BCUT2D eigenvalue weighted by Crippen LogP contribution is 2.46. The number of fused-ring (bicyclic) bond motifs is 2. The van der Waals surface area contributed by atoms with Crippen molar-refractivity contribution in [2.24, 2.45) is 0 Å². The molecule has 0 radical (unpaired) electrons. The lowest BCUT2D eigenvalue weighted by Crippen LogP contribution is -2.07. The first-order valence-corrected chi connectivity index (χ1v) is 11.6. The Balaban J connectivity index is 1.48. The molecule has 1 heterocycles. The largest absolute Gasteiger partial charge is 0.492 e. The molecule has 0 saturated carbocycles. The average molecular weight is 522 g/mol. The molecule has 0 atom stereocenters. The van der Waals surface area contributed by atoms with Gasteiger partial charge in [0.1, 0.15) is 6.61 Å². The van der Waals surface area contributed by atoms with Gasteiger partial charge in [-0.15, -0.1) is 0 Å². The van der Waals surface area contributed by atoms with Gasteiger partial charge in [0.25, 0.3) is 0 Å². The summed E-state index contributed by atoms with van der Waals surface area (Å²) in [5.41, 5.74) is 2.98. The molecular weight excluding hydrogens is 498 g/mol. The third kappa shape index (κ3) is 4.31. The number of ether oxygens (including phenoxy) is 5. The van der Waals surface area contributed by atoms with E-state index in [1.165, 1.54) is 0 Å². The molecule has 0 bridgehead atoms. The molecule has 6 nitrogen and oxygen atoms in total. The van der Waals surface area contributed by atoms with Crippen molar-refractivity contribution in [2.45, 2.75) is 13.2 Å². The normalized spacial score (nSPS) is 12.0. The monoisotopic (exact) mass is 521 g/mol. The molecular formula is C27H24BrNO5. The number of methoxy groups -OCH3 is 2. The Morgan fingerprint density at radius 3 is 2.38 bits per heavy atom. The van der Waals surface area contributed by atoms with Crippen LogP contribution in [0.3, 0.4) is 0 Å². The first-order chi connectivity index (χ1) is 16.7.